The SMILES string of the molecule is CC(CCNC(=O)c1cc(I)ccc1O)CCC(=O)O. The molecular formula is C14H18INO4. The Morgan fingerprint density at radius 2 is 2.05 bits per heavy atom. The number of phenols is 1. The Morgan fingerprint density at radius 3 is 2.70 bits per heavy atom. The number of amides is 1. The highest BCUT2D eigenvalue weighted by atomic mass is 127. The van der Waals surface area contributed by atoms with Crippen molar-refractivity contribution in [3.63, 3.8) is 0 Å². The van der Waals surface area contributed by atoms with E-state index in [0.29, 0.717) is 19.4 Å². The summed E-state index contributed by atoms with van der Waals surface area (Å²) in [7, 11) is 0. The first-order valence-electron chi connectivity index (χ1n) is 6.38. The summed E-state index contributed by atoms with van der Waals surface area (Å²) < 4.78 is 0.875. The molecule has 0 saturated carbocycles. The van der Waals surface area contributed by atoms with Gasteiger partial charge in [-0.2, -0.15) is 0 Å². The normalized spacial score (nSPS) is 11.9. The van der Waals surface area contributed by atoms with E-state index in [1.807, 2.05) is 6.92 Å². The lowest BCUT2D eigenvalue weighted by Gasteiger charge is -2.11. The van der Waals surface area contributed by atoms with E-state index in [1.165, 1.54) is 6.07 Å². The smallest absolute Gasteiger partial charge is 0.303 e. The molecule has 0 bridgehead atoms. The van der Waals surface area contributed by atoms with Gasteiger partial charge >= 0.3 is 5.97 Å². The fourth-order valence-electron chi connectivity index (χ4n) is 1.73. The van der Waals surface area contributed by atoms with Gasteiger partial charge in [0, 0.05) is 16.5 Å². The quantitative estimate of drug-likeness (QED) is 0.624. The Labute approximate surface area is 131 Å². The number of hydrogen-bond donors (Lipinski definition) is 3. The van der Waals surface area contributed by atoms with E-state index in [-0.39, 0.29) is 29.6 Å². The first-order valence-corrected chi connectivity index (χ1v) is 7.46. The molecule has 0 aliphatic rings. The number of phenolic OH excluding ortho intramolecular Hbond substituents is 1. The van der Waals surface area contributed by atoms with E-state index < -0.39 is 5.97 Å². The Balaban J connectivity index is 2.40. The Kier molecular flexibility index (Phi) is 6.77. The molecule has 0 radical (unpaired) electrons. The number of carboxylic acids is 1. The zero-order valence-electron chi connectivity index (χ0n) is 11.2. The Bertz CT molecular complexity index is 490. The Hall–Kier alpha value is -1.31. The van der Waals surface area contributed by atoms with Gasteiger partial charge in [-0.3, -0.25) is 9.59 Å². The molecule has 1 unspecified atom stereocenters. The zero-order chi connectivity index (χ0) is 15.1. The maximum Gasteiger partial charge on any atom is 0.303 e. The maximum absolute atomic E-state index is 11.9. The third kappa shape index (κ3) is 5.77. The van der Waals surface area contributed by atoms with Crippen molar-refractivity contribution in [1.29, 1.82) is 0 Å². The van der Waals surface area contributed by atoms with E-state index in [9.17, 15) is 14.7 Å². The van der Waals surface area contributed by atoms with E-state index in [0.717, 1.165) is 3.57 Å². The molecule has 5 nitrogen and oxygen atoms in total. The van der Waals surface area contributed by atoms with Crippen molar-refractivity contribution in [2.45, 2.75) is 26.2 Å². The molecule has 0 saturated heterocycles. The van der Waals surface area contributed by atoms with Crippen molar-refractivity contribution in [3.8, 4) is 5.75 Å². The molecule has 3 N–H and O–H groups in total. The largest absolute Gasteiger partial charge is 0.507 e. The van der Waals surface area contributed by atoms with Crippen LogP contribution in [0.3, 0.4) is 0 Å². The molecule has 0 fully saturated rings. The number of hydrogen-bond acceptors (Lipinski definition) is 3. The first kappa shape index (κ1) is 16.7. The van der Waals surface area contributed by atoms with Gasteiger partial charge in [0.15, 0.2) is 0 Å². The van der Waals surface area contributed by atoms with Crippen LogP contribution in [0.1, 0.15) is 36.5 Å². The molecule has 0 spiro atoms. The summed E-state index contributed by atoms with van der Waals surface area (Å²) in [5.41, 5.74) is 0.259. The van der Waals surface area contributed by atoms with Crippen LogP contribution in [0.25, 0.3) is 0 Å². The number of nitrogens with one attached hydrogen (secondary N) is 1. The van der Waals surface area contributed by atoms with Crippen LogP contribution in [0.15, 0.2) is 18.2 Å². The molecule has 6 heteroatoms. The average molecular weight is 391 g/mol. The molecule has 0 aliphatic heterocycles. The molecule has 0 aromatic heterocycles. The summed E-state index contributed by atoms with van der Waals surface area (Å²) in [4.78, 5) is 22.3. The molecule has 110 valence electrons. The number of halogens is 1. The number of carboxylic acid groups (broad SMARTS) is 1. The van der Waals surface area contributed by atoms with E-state index in [1.54, 1.807) is 12.1 Å². The van der Waals surface area contributed by atoms with Crippen LogP contribution >= 0.6 is 22.6 Å². The van der Waals surface area contributed by atoms with Crippen LogP contribution in [0.5, 0.6) is 5.75 Å². The molecule has 1 aromatic carbocycles. The standard InChI is InChI=1S/C14H18INO4/c1-9(2-5-13(18)19)6-7-16-14(20)11-8-10(15)3-4-12(11)17/h3-4,8-9,17H,2,5-7H2,1H3,(H,16,20)(H,18,19). The summed E-state index contributed by atoms with van der Waals surface area (Å²) in [6.45, 7) is 2.42. The second-order valence-corrected chi connectivity index (χ2v) is 5.99. The number of carbonyl (C=O) groups excluding carboxylic acids is 1. The number of carbonyl (C=O) groups is 2. The minimum absolute atomic E-state index is 0.0400. The minimum atomic E-state index is -0.801. The molecule has 0 aliphatic carbocycles. The van der Waals surface area contributed by atoms with E-state index in [2.05, 4.69) is 27.9 Å². The lowest BCUT2D eigenvalue weighted by molar-refractivity contribution is -0.137. The number of aliphatic carboxylic acids is 1. The molecule has 0 heterocycles. The van der Waals surface area contributed by atoms with Gasteiger partial charge in [-0.1, -0.05) is 6.92 Å². The van der Waals surface area contributed by atoms with Gasteiger partial charge in [-0.05, 0) is 59.5 Å². The predicted octanol–water partition coefficient (Wildman–Crippen LogP) is 2.62. The lowest BCUT2D eigenvalue weighted by atomic mass is 10.0. The second-order valence-electron chi connectivity index (χ2n) is 4.74. The number of aromatic hydroxyl groups is 1. The van der Waals surface area contributed by atoms with Crippen LogP contribution in [0, 0.1) is 9.49 Å². The van der Waals surface area contributed by atoms with Gasteiger partial charge in [0.05, 0.1) is 5.56 Å². The first-order chi connectivity index (χ1) is 9.40. The van der Waals surface area contributed by atoms with Gasteiger partial charge in [0.1, 0.15) is 5.75 Å². The summed E-state index contributed by atoms with van der Waals surface area (Å²) in [5.74, 6) is -0.922. The van der Waals surface area contributed by atoms with Crippen molar-refractivity contribution >= 4 is 34.5 Å². The average Bonchev–Trinajstić information content (AvgIpc) is 2.39. The lowest BCUT2D eigenvalue weighted by Crippen LogP contribution is -2.25. The second kappa shape index (κ2) is 8.08. The number of rotatable bonds is 7. The van der Waals surface area contributed by atoms with Crippen molar-refractivity contribution in [2.75, 3.05) is 6.54 Å². The monoisotopic (exact) mass is 391 g/mol. The van der Waals surface area contributed by atoms with Crippen LogP contribution in [0.2, 0.25) is 0 Å². The molecule has 1 rings (SSSR count). The third-order valence-electron chi connectivity index (χ3n) is 2.98. The number of benzene rings is 1. The summed E-state index contributed by atoms with van der Waals surface area (Å²) in [6, 6.07) is 4.84. The summed E-state index contributed by atoms with van der Waals surface area (Å²) >= 11 is 2.07. The fraction of sp³-hybridized carbons (Fsp3) is 0.429. The zero-order valence-corrected chi connectivity index (χ0v) is 13.4. The fourth-order valence-corrected chi connectivity index (χ4v) is 2.22. The predicted molar refractivity (Wildman–Crippen MR) is 83.8 cm³/mol. The summed E-state index contributed by atoms with van der Waals surface area (Å²) in [5, 5.41) is 20.9. The van der Waals surface area contributed by atoms with Crippen LogP contribution in [-0.2, 0) is 4.79 Å². The minimum Gasteiger partial charge on any atom is -0.507 e. The van der Waals surface area contributed by atoms with Crippen molar-refractivity contribution < 1.29 is 19.8 Å². The van der Waals surface area contributed by atoms with Gasteiger partial charge in [-0.25, -0.2) is 0 Å². The van der Waals surface area contributed by atoms with E-state index >= 15 is 0 Å². The highest BCUT2D eigenvalue weighted by Gasteiger charge is 2.12. The van der Waals surface area contributed by atoms with E-state index in [4.69, 9.17) is 5.11 Å². The van der Waals surface area contributed by atoms with Crippen molar-refractivity contribution in [1.82, 2.24) is 5.32 Å². The molecule has 20 heavy (non-hydrogen) atoms. The summed E-state index contributed by atoms with van der Waals surface area (Å²) in [6.07, 6.45) is 1.45. The van der Waals surface area contributed by atoms with Crippen LogP contribution in [0.4, 0.5) is 0 Å². The topological polar surface area (TPSA) is 86.6 Å². The molecule has 1 aromatic rings. The molecule has 1 atom stereocenters. The highest BCUT2D eigenvalue weighted by molar-refractivity contribution is 14.1. The van der Waals surface area contributed by atoms with Gasteiger partial charge in [-0.15, -0.1) is 0 Å². The molecule has 1 amide bonds. The van der Waals surface area contributed by atoms with Gasteiger partial charge in [0.25, 0.3) is 5.91 Å². The van der Waals surface area contributed by atoms with Crippen molar-refractivity contribution in [2.24, 2.45) is 5.92 Å². The third-order valence-corrected chi connectivity index (χ3v) is 3.65. The van der Waals surface area contributed by atoms with Gasteiger partial charge in [0.2, 0.25) is 0 Å². The highest BCUT2D eigenvalue weighted by Crippen LogP contribution is 2.19. The maximum atomic E-state index is 11.9. The van der Waals surface area contributed by atoms with Crippen molar-refractivity contribution in [3.05, 3.63) is 27.3 Å². The van der Waals surface area contributed by atoms with Gasteiger partial charge < -0.3 is 15.5 Å². The van der Waals surface area contributed by atoms with Crippen LogP contribution < -0.4 is 5.32 Å². The molecular weight excluding hydrogens is 373 g/mol. The van der Waals surface area contributed by atoms with Crippen LogP contribution in [-0.4, -0.2) is 28.6 Å². The Morgan fingerprint density at radius 1 is 1.35 bits per heavy atom.